The zero-order valence-corrected chi connectivity index (χ0v) is 34.8. The lowest BCUT2D eigenvalue weighted by molar-refractivity contribution is 0.488. The van der Waals surface area contributed by atoms with Crippen LogP contribution in [0.15, 0.2) is 194 Å². The fourth-order valence-electron chi connectivity index (χ4n) is 10.7. The van der Waals surface area contributed by atoms with Gasteiger partial charge < -0.3 is 14.5 Å². The number of hydrogen-bond acceptors (Lipinski definition) is 3. The Kier molecular flexibility index (Phi) is 7.62. The van der Waals surface area contributed by atoms with Crippen molar-refractivity contribution in [3.8, 4) is 44.9 Å². The number of para-hydroxylation sites is 2. The second-order valence-corrected chi connectivity index (χ2v) is 17.7. The summed E-state index contributed by atoms with van der Waals surface area (Å²) in [6.07, 6.45) is 0. The molecule has 1 aliphatic heterocycles. The Balaban J connectivity index is 1.10. The fraction of sp³-hybridized carbons (Fsp3) is 0.103. The van der Waals surface area contributed by atoms with E-state index in [0.29, 0.717) is 0 Å². The van der Waals surface area contributed by atoms with Gasteiger partial charge in [-0.15, -0.1) is 0 Å². The van der Waals surface area contributed by atoms with Gasteiger partial charge in [0.1, 0.15) is 5.75 Å². The maximum Gasteiger partial charge on any atom is 0.159 e. The zero-order chi connectivity index (χ0) is 41.0. The van der Waals surface area contributed by atoms with Gasteiger partial charge in [-0.3, -0.25) is 0 Å². The van der Waals surface area contributed by atoms with E-state index in [0.717, 1.165) is 67.5 Å². The molecular formula is C58H44N2O. The first-order chi connectivity index (χ1) is 29.8. The molecule has 3 aliphatic rings. The van der Waals surface area contributed by atoms with E-state index in [1.807, 2.05) is 0 Å². The Morgan fingerprint density at radius 1 is 0.361 bits per heavy atom. The molecule has 0 unspecified atom stereocenters. The molecule has 0 fully saturated rings. The van der Waals surface area contributed by atoms with Crippen molar-refractivity contribution >= 4 is 44.9 Å². The van der Waals surface area contributed by atoms with E-state index in [2.05, 4.69) is 232 Å². The van der Waals surface area contributed by atoms with Crippen LogP contribution in [0.25, 0.3) is 44.2 Å². The molecule has 0 aromatic heterocycles. The van der Waals surface area contributed by atoms with E-state index in [1.54, 1.807) is 0 Å². The van der Waals surface area contributed by atoms with Crippen LogP contribution in [0.5, 0.6) is 11.5 Å². The number of fused-ring (bicyclic) bond motifs is 8. The second-order valence-electron chi connectivity index (χ2n) is 17.7. The summed E-state index contributed by atoms with van der Waals surface area (Å²) >= 11 is 0. The molecule has 0 atom stereocenters. The predicted molar refractivity (Wildman–Crippen MR) is 254 cm³/mol. The topological polar surface area (TPSA) is 15.7 Å². The Bertz CT molecular complexity index is 3090. The number of nitrogens with zero attached hydrogens (tertiary/aromatic N) is 2. The molecule has 9 aromatic carbocycles. The quantitative estimate of drug-likeness (QED) is 0.167. The highest BCUT2D eigenvalue weighted by Gasteiger charge is 2.39. The van der Waals surface area contributed by atoms with E-state index in [4.69, 9.17) is 4.74 Å². The van der Waals surface area contributed by atoms with Crippen molar-refractivity contribution in [3.63, 3.8) is 0 Å². The van der Waals surface area contributed by atoms with Gasteiger partial charge in [-0.1, -0.05) is 155 Å². The van der Waals surface area contributed by atoms with E-state index >= 15 is 0 Å². The van der Waals surface area contributed by atoms with Crippen LogP contribution in [0.3, 0.4) is 0 Å². The summed E-state index contributed by atoms with van der Waals surface area (Å²) < 4.78 is 7.37. The van der Waals surface area contributed by atoms with Gasteiger partial charge in [-0.25, -0.2) is 0 Å². The monoisotopic (exact) mass is 784 g/mol. The van der Waals surface area contributed by atoms with Gasteiger partial charge in [0.05, 0.1) is 11.4 Å². The maximum absolute atomic E-state index is 7.37. The van der Waals surface area contributed by atoms with Gasteiger partial charge in [0.15, 0.2) is 5.75 Å². The number of rotatable bonds is 6. The molecule has 0 N–H and O–H groups in total. The molecule has 0 saturated carbocycles. The molecule has 1 heterocycles. The van der Waals surface area contributed by atoms with E-state index in [-0.39, 0.29) is 10.8 Å². The number of anilines is 6. The van der Waals surface area contributed by atoms with Gasteiger partial charge in [-0.05, 0) is 122 Å². The van der Waals surface area contributed by atoms with Crippen LogP contribution in [0.1, 0.15) is 49.9 Å². The molecular weight excluding hydrogens is 741 g/mol. The highest BCUT2D eigenvalue weighted by atomic mass is 16.5. The molecule has 12 rings (SSSR count). The van der Waals surface area contributed by atoms with Crippen molar-refractivity contribution in [2.45, 2.75) is 38.5 Å². The first kappa shape index (κ1) is 35.6. The van der Waals surface area contributed by atoms with Crippen molar-refractivity contribution in [1.82, 2.24) is 0 Å². The molecule has 0 radical (unpaired) electrons. The third-order valence-electron chi connectivity index (χ3n) is 13.6. The predicted octanol–water partition coefficient (Wildman–Crippen LogP) is 16.2. The smallest absolute Gasteiger partial charge is 0.159 e. The summed E-state index contributed by atoms with van der Waals surface area (Å²) in [4.78, 5) is 4.79. The van der Waals surface area contributed by atoms with Gasteiger partial charge in [-0.2, -0.15) is 0 Å². The summed E-state index contributed by atoms with van der Waals surface area (Å²) in [5.41, 5.74) is 19.0. The lowest BCUT2D eigenvalue weighted by atomic mass is 9.82. The third kappa shape index (κ3) is 5.17. The molecule has 0 amide bonds. The SMILES string of the molecule is CC1(C)c2ccccc2-c2ccc(N(c3ccc4c(c3)C(C)(C)c3ccccc3-4)c3ccc4cccc5c4c3Oc3cccc(N(c4ccccc4)c4ccccc4)c3-5)cc21. The summed E-state index contributed by atoms with van der Waals surface area (Å²) in [6, 6.07) is 70.8. The summed E-state index contributed by atoms with van der Waals surface area (Å²) in [5, 5.41) is 2.24. The standard InChI is InChI=1S/C58H44N2O/c1-57(2)47-25-13-11-22-42(47)44-32-30-40(35-49(44)57)60(41-31-33-45-43-23-12-14-26-48(43)58(3,4)50(45)36-41)52-34-29-37-17-15-24-46-54(37)56(52)61-53-28-16-27-51(55(46)53)59(38-18-7-5-8-19-38)39-20-9-6-10-21-39/h5-36H,1-4H3. The highest BCUT2D eigenvalue weighted by Crippen LogP contribution is 2.58. The highest BCUT2D eigenvalue weighted by molar-refractivity contribution is 6.11. The first-order valence-corrected chi connectivity index (χ1v) is 21.4. The summed E-state index contributed by atoms with van der Waals surface area (Å²) in [6.45, 7) is 9.44. The summed E-state index contributed by atoms with van der Waals surface area (Å²) in [7, 11) is 0. The van der Waals surface area contributed by atoms with Crippen molar-refractivity contribution in [1.29, 1.82) is 0 Å². The molecule has 3 nitrogen and oxygen atoms in total. The Hall–Kier alpha value is -7.36. The molecule has 61 heavy (non-hydrogen) atoms. The normalized spacial score (nSPS) is 14.3. The zero-order valence-electron chi connectivity index (χ0n) is 34.8. The Morgan fingerprint density at radius 3 is 1.44 bits per heavy atom. The van der Waals surface area contributed by atoms with Crippen molar-refractivity contribution < 1.29 is 4.74 Å². The van der Waals surface area contributed by atoms with Crippen LogP contribution in [0.4, 0.5) is 34.1 Å². The van der Waals surface area contributed by atoms with Gasteiger partial charge in [0.2, 0.25) is 0 Å². The fourth-order valence-corrected chi connectivity index (χ4v) is 10.7. The molecule has 3 heteroatoms. The minimum Gasteiger partial charge on any atom is -0.454 e. The molecule has 9 aromatic rings. The van der Waals surface area contributed by atoms with E-state index < -0.39 is 0 Å². The average molecular weight is 785 g/mol. The van der Waals surface area contributed by atoms with E-state index in [1.165, 1.54) is 44.5 Å². The second kappa shape index (κ2) is 13.1. The van der Waals surface area contributed by atoms with Gasteiger partial charge >= 0.3 is 0 Å². The van der Waals surface area contributed by atoms with Crippen LogP contribution in [0, 0.1) is 0 Å². The van der Waals surface area contributed by atoms with Crippen LogP contribution in [0.2, 0.25) is 0 Å². The third-order valence-corrected chi connectivity index (χ3v) is 13.6. The van der Waals surface area contributed by atoms with Crippen LogP contribution >= 0.6 is 0 Å². The minimum absolute atomic E-state index is 0.158. The van der Waals surface area contributed by atoms with Crippen molar-refractivity contribution in [3.05, 3.63) is 216 Å². The number of hydrogen-bond donors (Lipinski definition) is 0. The van der Waals surface area contributed by atoms with Crippen molar-refractivity contribution in [2.75, 3.05) is 9.80 Å². The number of benzene rings is 9. The number of ether oxygens (including phenoxy) is 1. The van der Waals surface area contributed by atoms with Crippen LogP contribution in [-0.2, 0) is 10.8 Å². The maximum atomic E-state index is 7.37. The molecule has 2 aliphatic carbocycles. The lowest BCUT2D eigenvalue weighted by Gasteiger charge is -2.34. The lowest BCUT2D eigenvalue weighted by Crippen LogP contribution is -2.18. The Morgan fingerprint density at radius 2 is 0.852 bits per heavy atom. The molecule has 0 spiro atoms. The molecule has 0 saturated heterocycles. The minimum atomic E-state index is -0.158. The molecule has 0 bridgehead atoms. The Labute approximate surface area is 357 Å². The molecule has 292 valence electrons. The van der Waals surface area contributed by atoms with Crippen molar-refractivity contribution in [2.24, 2.45) is 0 Å². The average Bonchev–Trinajstić information content (AvgIpc) is 3.67. The largest absolute Gasteiger partial charge is 0.454 e. The van der Waals surface area contributed by atoms with E-state index in [9.17, 15) is 0 Å². The van der Waals surface area contributed by atoms with Gasteiger partial charge in [0, 0.05) is 44.5 Å². The first-order valence-electron chi connectivity index (χ1n) is 21.4. The van der Waals surface area contributed by atoms with Gasteiger partial charge in [0.25, 0.3) is 0 Å². The van der Waals surface area contributed by atoms with Crippen LogP contribution < -0.4 is 14.5 Å². The summed E-state index contributed by atoms with van der Waals surface area (Å²) in [5.74, 6) is 1.69. The van der Waals surface area contributed by atoms with Crippen LogP contribution in [-0.4, -0.2) is 0 Å².